The second kappa shape index (κ2) is 4.68. The highest BCUT2D eigenvalue weighted by molar-refractivity contribution is 5.80. The Kier molecular flexibility index (Phi) is 2.70. The maximum Gasteiger partial charge on any atom is 0.142 e. The number of fused-ring (bicyclic) bond motifs is 1. The van der Waals surface area contributed by atoms with Crippen LogP contribution in [0.2, 0.25) is 0 Å². The molecule has 1 saturated carbocycles. The largest absolute Gasteiger partial charge is 0.345 e. The molecule has 0 amide bonds. The number of H-pyrrole nitrogens is 1. The highest BCUT2D eigenvalue weighted by atomic mass is 15.0. The second-order valence-electron chi connectivity index (χ2n) is 5.15. The van der Waals surface area contributed by atoms with Crippen LogP contribution in [-0.4, -0.2) is 26.0 Å². The van der Waals surface area contributed by atoms with Gasteiger partial charge < -0.3 is 10.3 Å². The van der Waals surface area contributed by atoms with Crippen molar-refractivity contribution in [2.45, 2.75) is 25.4 Å². The first kappa shape index (κ1) is 11.5. The van der Waals surface area contributed by atoms with Crippen LogP contribution in [0.4, 0.5) is 0 Å². The van der Waals surface area contributed by atoms with Gasteiger partial charge in [-0.15, -0.1) is 0 Å². The quantitative estimate of drug-likeness (QED) is 0.759. The van der Waals surface area contributed by atoms with Crippen molar-refractivity contribution >= 4 is 11.0 Å². The predicted molar refractivity (Wildman–Crippen MR) is 77.0 cm³/mol. The topological polar surface area (TPSA) is 66.5 Å². The van der Waals surface area contributed by atoms with Crippen LogP contribution in [0.15, 0.2) is 36.8 Å². The molecule has 1 aliphatic rings. The van der Waals surface area contributed by atoms with Crippen LogP contribution < -0.4 is 5.32 Å². The maximum absolute atomic E-state index is 4.63. The van der Waals surface area contributed by atoms with Crippen molar-refractivity contribution < 1.29 is 0 Å². The Hall–Kier alpha value is -2.27. The lowest BCUT2D eigenvalue weighted by Gasteiger charge is -2.05. The zero-order chi connectivity index (χ0) is 13.4. The van der Waals surface area contributed by atoms with E-state index in [4.69, 9.17) is 0 Å². The Balaban J connectivity index is 1.63. The predicted octanol–water partition coefficient (Wildman–Crippen LogP) is 2.27. The van der Waals surface area contributed by atoms with Crippen molar-refractivity contribution in [2.24, 2.45) is 0 Å². The molecule has 0 atom stereocenters. The van der Waals surface area contributed by atoms with E-state index < -0.39 is 0 Å². The lowest BCUT2D eigenvalue weighted by atomic mass is 10.1. The van der Waals surface area contributed by atoms with E-state index in [1.807, 2.05) is 24.4 Å². The van der Waals surface area contributed by atoms with E-state index in [1.165, 1.54) is 12.8 Å². The van der Waals surface area contributed by atoms with Crippen LogP contribution in [0.1, 0.15) is 18.7 Å². The first-order valence-electron chi connectivity index (χ1n) is 6.87. The average molecular weight is 265 g/mol. The Morgan fingerprint density at radius 1 is 1.20 bits per heavy atom. The van der Waals surface area contributed by atoms with Crippen LogP contribution in [0, 0.1) is 0 Å². The summed E-state index contributed by atoms with van der Waals surface area (Å²) in [6, 6.07) is 8.74. The van der Waals surface area contributed by atoms with E-state index in [0.29, 0.717) is 6.04 Å². The molecule has 0 spiro atoms. The molecule has 1 aliphatic carbocycles. The van der Waals surface area contributed by atoms with E-state index in [2.05, 4.69) is 31.3 Å². The number of benzene rings is 1. The summed E-state index contributed by atoms with van der Waals surface area (Å²) in [4.78, 5) is 16.3. The van der Waals surface area contributed by atoms with E-state index in [-0.39, 0.29) is 0 Å². The highest BCUT2D eigenvalue weighted by Gasteiger charge is 2.20. The lowest BCUT2D eigenvalue weighted by Crippen LogP contribution is -2.17. The van der Waals surface area contributed by atoms with Gasteiger partial charge in [-0.05, 0) is 31.0 Å². The fourth-order valence-electron chi connectivity index (χ4n) is 2.26. The third-order valence-electron chi connectivity index (χ3n) is 3.55. The number of nitrogens with zero attached hydrogens (tertiary/aromatic N) is 3. The van der Waals surface area contributed by atoms with E-state index >= 15 is 0 Å². The third-order valence-corrected chi connectivity index (χ3v) is 3.55. The average Bonchev–Trinajstić information content (AvgIpc) is 3.20. The summed E-state index contributed by atoms with van der Waals surface area (Å²) in [5, 5.41) is 3.44. The molecule has 2 N–H and O–H groups in total. The summed E-state index contributed by atoms with van der Waals surface area (Å²) in [7, 11) is 0. The fourth-order valence-corrected chi connectivity index (χ4v) is 2.26. The number of hydrogen-bond donors (Lipinski definition) is 2. The normalized spacial score (nSPS) is 14.8. The molecule has 1 fully saturated rings. The first-order valence-corrected chi connectivity index (χ1v) is 6.87. The maximum atomic E-state index is 4.63. The smallest absolute Gasteiger partial charge is 0.142 e. The molecule has 0 unspecified atom stereocenters. The molecule has 3 aromatic rings. The summed E-state index contributed by atoms with van der Waals surface area (Å²) in [5.41, 5.74) is 4.03. The van der Waals surface area contributed by atoms with Crippen molar-refractivity contribution in [1.82, 2.24) is 25.3 Å². The molecule has 0 radical (unpaired) electrons. The number of aromatic amines is 1. The summed E-state index contributed by atoms with van der Waals surface area (Å²) in [6.45, 7) is 0.741. The number of hydrogen-bond acceptors (Lipinski definition) is 4. The monoisotopic (exact) mass is 265 g/mol. The lowest BCUT2D eigenvalue weighted by molar-refractivity contribution is 0.658. The number of nitrogens with one attached hydrogen (secondary N) is 2. The van der Waals surface area contributed by atoms with Crippen molar-refractivity contribution in [3.05, 3.63) is 42.6 Å². The minimum absolute atomic E-state index is 0.670. The van der Waals surface area contributed by atoms with Gasteiger partial charge in [-0.25, -0.2) is 15.0 Å². The van der Waals surface area contributed by atoms with Crippen LogP contribution >= 0.6 is 0 Å². The van der Waals surface area contributed by atoms with Crippen LogP contribution in [0.5, 0.6) is 0 Å². The molecule has 5 nitrogen and oxygen atoms in total. The van der Waals surface area contributed by atoms with E-state index in [1.54, 1.807) is 6.33 Å². The number of rotatable bonds is 4. The van der Waals surface area contributed by atoms with Gasteiger partial charge in [-0.1, -0.05) is 6.07 Å². The molecular formula is C15H15N5. The summed E-state index contributed by atoms with van der Waals surface area (Å²) in [6.07, 6.45) is 6.08. The summed E-state index contributed by atoms with van der Waals surface area (Å²) >= 11 is 0. The minimum atomic E-state index is 0.670. The number of imidazole rings is 1. The Morgan fingerprint density at radius 2 is 2.15 bits per heavy atom. The Morgan fingerprint density at radius 3 is 3.05 bits per heavy atom. The molecule has 2 heterocycles. The Labute approximate surface area is 116 Å². The SMILES string of the molecule is c1cc(-c2ccc3nc[nH]c3c2)nc(CNC2CC2)n1. The van der Waals surface area contributed by atoms with Crippen molar-refractivity contribution in [3.63, 3.8) is 0 Å². The van der Waals surface area contributed by atoms with Gasteiger partial charge in [0, 0.05) is 17.8 Å². The fraction of sp³-hybridized carbons (Fsp3) is 0.267. The van der Waals surface area contributed by atoms with Gasteiger partial charge >= 0.3 is 0 Å². The summed E-state index contributed by atoms with van der Waals surface area (Å²) in [5.74, 6) is 0.846. The zero-order valence-electron chi connectivity index (χ0n) is 11.0. The van der Waals surface area contributed by atoms with Crippen molar-refractivity contribution in [2.75, 3.05) is 0 Å². The molecule has 0 aliphatic heterocycles. The molecular weight excluding hydrogens is 250 g/mol. The standard InChI is InChI=1S/C15H15N5/c1-4-13-14(19-9-18-13)7-10(1)12-5-6-16-15(20-12)8-17-11-2-3-11/h1,4-7,9,11,17H,2-3,8H2,(H,18,19). The van der Waals surface area contributed by atoms with E-state index in [0.717, 1.165) is 34.7 Å². The molecule has 1 aromatic carbocycles. The van der Waals surface area contributed by atoms with Crippen LogP contribution in [0.25, 0.3) is 22.3 Å². The molecule has 4 rings (SSSR count). The molecule has 2 aromatic heterocycles. The van der Waals surface area contributed by atoms with Gasteiger partial charge in [0.2, 0.25) is 0 Å². The van der Waals surface area contributed by atoms with Gasteiger partial charge in [0.25, 0.3) is 0 Å². The molecule has 0 bridgehead atoms. The van der Waals surface area contributed by atoms with Crippen LogP contribution in [-0.2, 0) is 6.54 Å². The van der Waals surface area contributed by atoms with Gasteiger partial charge in [0.15, 0.2) is 0 Å². The van der Waals surface area contributed by atoms with Crippen LogP contribution in [0.3, 0.4) is 0 Å². The summed E-state index contributed by atoms with van der Waals surface area (Å²) < 4.78 is 0. The van der Waals surface area contributed by atoms with Gasteiger partial charge in [-0.3, -0.25) is 0 Å². The first-order chi connectivity index (χ1) is 9.88. The highest BCUT2D eigenvalue weighted by Crippen LogP contribution is 2.21. The van der Waals surface area contributed by atoms with Gasteiger partial charge in [-0.2, -0.15) is 0 Å². The number of aromatic nitrogens is 4. The molecule has 0 saturated heterocycles. The van der Waals surface area contributed by atoms with Crippen molar-refractivity contribution in [1.29, 1.82) is 0 Å². The minimum Gasteiger partial charge on any atom is -0.345 e. The Bertz CT molecular complexity index is 745. The second-order valence-corrected chi connectivity index (χ2v) is 5.15. The van der Waals surface area contributed by atoms with Gasteiger partial charge in [0.1, 0.15) is 5.82 Å². The molecule has 20 heavy (non-hydrogen) atoms. The molecule has 100 valence electrons. The van der Waals surface area contributed by atoms with Crippen molar-refractivity contribution in [3.8, 4) is 11.3 Å². The van der Waals surface area contributed by atoms with Gasteiger partial charge in [0.05, 0.1) is 29.6 Å². The van der Waals surface area contributed by atoms with E-state index in [9.17, 15) is 0 Å². The molecule has 5 heteroatoms. The third kappa shape index (κ3) is 2.28. The zero-order valence-corrected chi connectivity index (χ0v) is 11.0.